The summed E-state index contributed by atoms with van der Waals surface area (Å²) < 4.78 is 0. The number of aliphatic hydroxyl groups is 1. The van der Waals surface area contributed by atoms with Crippen molar-refractivity contribution in [3.05, 3.63) is 23.8 Å². The fraction of sp³-hybridized carbons (Fsp3) is 0.588. The number of aromatic nitrogens is 3. The molecule has 1 aromatic heterocycles. The number of hydrogen-bond donors (Lipinski definition) is 2. The van der Waals surface area contributed by atoms with Crippen molar-refractivity contribution >= 4 is 16.9 Å². The van der Waals surface area contributed by atoms with Crippen molar-refractivity contribution in [1.82, 2.24) is 30.1 Å². The number of nitrogens with zero attached hydrogens (tertiary/aromatic N) is 5. The number of nitrogens with one attached hydrogen (secondary N) is 1. The standard InChI is InChI=1S/C17H24N6O2/c1-21-6-8-22(9-7-21)11-17(25)4-5-23(12-17)16(24)13-2-3-14-15(10-13)19-20-18-14/h2-3,10,25H,4-9,11-12H2,1H3,(H,18,19,20). The number of H-pyrrole nitrogens is 1. The SMILES string of the molecule is CN1CCN(CC2(O)CCN(C(=O)c3ccc4n[nH]nc4c3)C2)CC1. The Bertz CT molecular complexity index is 769. The van der Waals surface area contributed by atoms with Gasteiger partial charge in [0.2, 0.25) is 0 Å². The number of β-amino-alcohol motifs (C(OH)–C–C–N with tert-alkyl or cyclic N) is 1. The molecule has 8 nitrogen and oxygen atoms in total. The van der Waals surface area contributed by atoms with Crippen LogP contribution in [0.25, 0.3) is 11.0 Å². The molecule has 0 saturated carbocycles. The summed E-state index contributed by atoms with van der Waals surface area (Å²) in [7, 11) is 2.12. The zero-order valence-electron chi connectivity index (χ0n) is 14.5. The zero-order chi connectivity index (χ0) is 17.4. The number of rotatable bonds is 3. The highest BCUT2D eigenvalue weighted by Gasteiger charge is 2.40. The largest absolute Gasteiger partial charge is 0.387 e. The van der Waals surface area contributed by atoms with Crippen LogP contribution in [0.5, 0.6) is 0 Å². The van der Waals surface area contributed by atoms with Gasteiger partial charge in [-0.1, -0.05) is 0 Å². The van der Waals surface area contributed by atoms with Gasteiger partial charge in [-0.15, -0.1) is 0 Å². The van der Waals surface area contributed by atoms with E-state index in [4.69, 9.17) is 0 Å². The predicted molar refractivity (Wildman–Crippen MR) is 93.3 cm³/mol. The molecular formula is C17H24N6O2. The first kappa shape index (κ1) is 16.4. The first-order valence-electron chi connectivity index (χ1n) is 8.76. The van der Waals surface area contributed by atoms with Gasteiger partial charge in [0, 0.05) is 44.8 Å². The van der Waals surface area contributed by atoms with E-state index < -0.39 is 5.60 Å². The van der Waals surface area contributed by atoms with Crippen LogP contribution in [0.2, 0.25) is 0 Å². The van der Waals surface area contributed by atoms with Crippen LogP contribution in [0, 0.1) is 0 Å². The van der Waals surface area contributed by atoms with Crippen molar-refractivity contribution < 1.29 is 9.90 Å². The van der Waals surface area contributed by atoms with E-state index in [1.54, 1.807) is 23.1 Å². The van der Waals surface area contributed by atoms with Crippen LogP contribution in [0.15, 0.2) is 18.2 Å². The summed E-state index contributed by atoms with van der Waals surface area (Å²) in [6, 6.07) is 5.31. The Labute approximate surface area is 146 Å². The van der Waals surface area contributed by atoms with Crippen molar-refractivity contribution in [2.75, 3.05) is 52.9 Å². The monoisotopic (exact) mass is 344 g/mol. The number of hydrogen-bond acceptors (Lipinski definition) is 6. The second kappa shape index (κ2) is 6.36. The maximum Gasteiger partial charge on any atom is 0.254 e. The molecule has 0 radical (unpaired) electrons. The minimum Gasteiger partial charge on any atom is -0.387 e. The molecule has 25 heavy (non-hydrogen) atoms. The zero-order valence-corrected chi connectivity index (χ0v) is 14.5. The molecule has 3 heterocycles. The Morgan fingerprint density at radius 3 is 2.76 bits per heavy atom. The number of carbonyl (C=O) groups is 1. The summed E-state index contributed by atoms with van der Waals surface area (Å²) in [5, 5.41) is 21.5. The molecule has 1 aromatic carbocycles. The first-order chi connectivity index (χ1) is 12.0. The molecule has 0 bridgehead atoms. The van der Waals surface area contributed by atoms with E-state index in [9.17, 15) is 9.90 Å². The van der Waals surface area contributed by atoms with Crippen LogP contribution in [-0.2, 0) is 0 Å². The number of likely N-dealkylation sites (tertiary alicyclic amines) is 1. The van der Waals surface area contributed by atoms with E-state index in [0.29, 0.717) is 37.1 Å². The van der Waals surface area contributed by atoms with Crippen LogP contribution in [-0.4, -0.2) is 99.6 Å². The molecule has 2 saturated heterocycles. The van der Waals surface area contributed by atoms with Crippen LogP contribution >= 0.6 is 0 Å². The second-order valence-corrected chi connectivity index (χ2v) is 7.31. The predicted octanol–water partition coefficient (Wildman–Crippen LogP) is -0.218. The van der Waals surface area contributed by atoms with Gasteiger partial charge in [-0.05, 0) is 31.7 Å². The minimum atomic E-state index is -0.816. The molecule has 1 unspecified atom stereocenters. The van der Waals surface area contributed by atoms with E-state index in [-0.39, 0.29) is 5.91 Å². The van der Waals surface area contributed by atoms with Crippen molar-refractivity contribution in [3.8, 4) is 0 Å². The van der Waals surface area contributed by atoms with Gasteiger partial charge < -0.3 is 14.9 Å². The number of piperazine rings is 1. The van der Waals surface area contributed by atoms with Gasteiger partial charge in [0.25, 0.3) is 5.91 Å². The molecule has 2 aliphatic rings. The molecule has 2 aliphatic heterocycles. The Balaban J connectivity index is 1.41. The number of amides is 1. The highest BCUT2D eigenvalue weighted by molar-refractivity contribution is 5.97. The fourth-order valence-electron chi connectivity index (χ4n) is 3.74. The van der Waals surface area contributed by atoms with Crippen molar-refractivity contribution in [2.45, 2.75) is 12.0 Å². The normalized spacial score (nSPS) is 25.8. The van der Waals surface area contributed by atoms with Crippen LogP contribution < -0.4 is 0 Å². The molecule has 8 heteroatoms. The molecule has 0 aliphatic carbocycles. The Morgan fingerprint density at radius 1 is 1.20 bits per heavy atom. The lowest BCUT2D eigenvalue weighted by atomic mass is 10.0. The summed E-state index contributed by atoms with van der Waals surface area (Å²) in [6.45, 7) is 5.58. The smallest absolute Gasteiger partial charge is 0.254 e. The molecule has 2 N–H and O–H groups in total. The summed E-state index contributed by atoms with van der Waals surface area (Å²) in [6.07, 6.45) is 0.622. The van der Waals surface area contributed by atoms with Gasteiger partial charge in [0.15, 0.2) is 0 Å². The lowest BCUT2D eigenvalue weighted by Gasteiger charge is -2.36. The fourth-order valence-corrected chi connectivity index (χ4v) is 3.74. The Morgan fingerprint density at radius 2 is 1.96 bits per heavy atom. The van der Waals surface area contributed by atoms with Gasteiger partial charge in [-0.2, -0.15) is 15.4 Å². The third kappa shape index (κ3) is 3.37. The van der Waals surface area contributed by atoms with Crippen LogP contribution in [0.4, 0.5) is 0 Å². The quantitative estimate of drug-likeness (QED) is 0.800. The van der Waals surface area contributed by atoms with Gasteiger partial charge >= 0.3 is 0 Å². The third-order valence-corrected chi connectivity index (χ3v) is 5.30. The van der Waals surface area contributed by atoms with Crippen LogP contribution in [0.1, 0.15) is 16.8 Å². The third-order valence-electron chi connectivity index (χ3n) is 5.30. The molecule has 1 atom stereocenters. The molecule has 2 fully saturated rings. The molecule has 134 valence electrons. The lowest BCUT2D eigenvalue weighted by molar-refractivity contribution is 0.000527. The van der Waals surface area contributed by atoms with E-state index >= 15 is 0 Å². The number of aromatic amines is 1. The molecule has 0 spiro atoms. The first-order valence-corrected chi connectivity index (χ1v) is 8.76. The maximum absolute atomic E-state index is 12.8. The molecule has 1 amide bonds. The summed E-state index contributed by atoms with van der Waals surface area (Å²) in [4.78, 5) is 19.1. The second-order valence-electron chi connectivity index (χ2n) is 7.31. The molecule has 2 aromatic rings. The van der Waals surface area contributed by atoms with E-state index in [1.165, 1.54) is 0 Å². The topological polar surface area (TPSA) is 88.6 Å². The maximum atomic E-state index is 12.8. The highest BCUT2D eigenvalue weighted by Crippen LogP contribution is 2.25. The minimum absolute atomic E-state index is 0.0563. The van der Waals surface area contributed by atoms with Crippen molar-refractivity contribution in [1.29, 1.82) is 0 Å². The Hall–Kier alpha value is -2.03. The Kier molecular flexibility index (Phi) is 4.18. The van der Waals surface area contributed by atoms with Crippen molar-refractivity contribution in [3.63, 3.8) is 0 Å². The van der Waals surface area contributed by atoms with E-state index in [1.807, 2.05) is 0 Å². The lowest BCUT2D eigenvalue weighted by Crippen LogP contribution is -2.52. The van der Waals surface area contributed by atoms with Gasteiger partial charge in [-0.25, -0.2) is 0 Å². The van der Waals surface area contributed by atoms with E-state index in [0.717, 1.165) is 31.7 Å². The van der Waals surface area contributed by atoms with Gasteiger partial charge in [0.05, 0.1) is 12.1 Å². The summed E-state index contributed by atoms with van der Waals surface area (Å²) in [5.41, 5.74) is 1.19. The molecular weight excluding hydrogens is 320 g/mol. The van der Waals surface area contributed by atoms with Crippen molar-refractivity contribution in [2.24, 2.45) is 0 Å². The summed E-state index contributed by atoms with van der Waals surface area (Å²) in [5.74, 6) is -0.0563. The van der Waals surface area contributed by atoms with Crippen LogP contribution in [0.3, 0.4) is 0 Å². The number of benzene rings is 1. The summed E-state index contributed by atoms with van der Waals surface area (Å²) >= 11 is 0. The molecule has 4 rings (SSSR count). The van der Waals surface area contributed by atoms with Gasteiger partial charge in [-0.3, -0.25) is 9.69 Å². The highest BCUT2D eigenvalue weighted by atomic mass is 16.3. The number of likely N-dealkylation sites (N-methyl/N-ethyl adjacent to an activating group) is 1. The average molecular weight is 344 g/mol. The number of carbonyl (C=O) groups excluding carboxylic acids is 1. The number of fused-ring (bicyclic) bond motifs is 1. The van der Waals surface area contributed by atoms with E-state index in [2.05, 4.69) is 32.3 Å². The average Bonchev–Trinajstić information content (AvgIpc) is 3.22. The van der Waals surface area contributed by atoms with Gasteiger partial charge in [0.1, 0.15) is 11.0 Å².